The minimum Gasteiger partial charge on any atom is -0.394 e. The first kappa shape index (κ1) is 13.7. The van der Waals surface area contributed by atoms with Gasteiger partial charge in [-0.25, -0.2) is 0 Å². The number of nitrogens with two attached hydrogens (primary N) is 1. The standard InChI is InChI=1S/C14H27NOS/c15-14(11-16)8-3-6-13(14)7-9-17-10-12-4-1-2-5-12/h12-13,16H,1-11,15H2. The smallest absolute Gasteiger partial charge is 0.0613 e. The molecule has 3 N–H and O–H groups in total. The Balaban J connectivity index is 1.61. The van der Waals surface area contributed by atoms with Gasteiger partial charge in [0, 0.05) is 5.54 Å². The summed E-state index contributed by atoms with van der Waals surface area (Å²) in [4.78, 5) is 0. The maximum absolute atomic E-state index is 9.39. The van der Waals surface area contributed by atoms with E-state index in [9.17, 15) is 5.11 Å². The van der Waals surface area contributed by atoms with Gasteiger partial charge in [0.2, 0.25) is 0 Å². The van der Waals surface area contributed by atoms with E-state index in [4.69, 9.17) is 5.73 Å². The zero-order valence-electron chi connectivity index (χ0n) is 10.9. The monoisotopic (exact) mass is 257 g/mol. The van der Waals surface area contributed by atoms with Crippen LogP contribution in [0.25, 0.3) is 0 Å². The van der Waals surface area contributed by atoms with Crippen molar-refractivity contribution in [1.82, 2.24) is 0 Å². The molecule has 2 rings (SSSR count). The van der Waals surface area contributed by atoms with E-state index in [0.717, 1.165) is 12.3 Å². The van der Waals surface area contributed by atoms with Crippen LogP contribution in [0.15, 0.2) is 0 Å². The highest BCUT2D eigenvalue weighted by Crippen LogP contribution is 2.37. The lowest BCUT2D eigenvalue weighted by atomic mass is 9.87. The molecule has 3 heteroatoms. The zero-order valence-corrected chi connectivity index (χ0v) is 11.7. The van der Waals surface area contributed by atoms with Crippen LogP contribution in [0.1, 0.15) is 51.4 Å². The number of hydrogen-bond donors (Lipinski definition) is 2. The molecule has 2 aliphatic carbocycles. The van der Waals surface area contributed by atoms with E-state index in [1.54, 1.807) is 0 Å². The molecular formula is C14H27NOS. The molecule has 2 atom stereocenters. The second kappa shape index (κ2) is 6.44. The lowest BCUT2D eigenvalue weighted by Crippen LogP contribution is -2.47. The molecule has 0 amide bonds. The molecule has 0 saturated heterocycles. The predicted octanol–water partition coefficient (Wildman–Crippen LogP) is 2.79. The van der Waals surface area contributed by atoms with E-state index in [2.05, 4.69) is 11.8 Å². The highest BCUT2D eigenvalue weighted by atomic mass is 32.2. The topological polar surface area (TPSA) is 46.2 Å². The first-order valence-electron chi connectivity index (χ1n) is 7.22. The molecule has 17 heavy (non-hydrogen) atoms. The van der Waals surface area contributed by atoms with Crippen molar-refractivity contribution in [2.45, 2.75) is 56.9 Å². The number of aliphatic hydroxyl groups is 1. The molecule has 0 aromatic carbocycles. The van der Waals surface area contributed by atoms with Crippen molar-refractivity contribution in [3.8, 4) is 0 Å². The van der Waals surface area contributed by atoms with Crippen molar-refractivity contribution in [3.05, 3.63) is 0 Å². The lowest BCUT2D eigenvalue weighted by Gasteiger charge is -2.29. The molecular weight excluding hydrogens is 230 g/mol. The van der Waals surface area contributed by atoms with Crippen LogP contribution >= 0.6 is 11.8 Å². The van der Waals surface area contributed by atoms with Crippen LogP contribution in [0, 0.1) is 11.8 Å². The Morgan fingerprint density at radius 3 is 2.65 bits per heavy atom. The third kappa shape index (κ3) is 3.62. The number of thioether (sulfide) groups is 1. The van der Waals surface area contributed by atoms with E-state index in [1.165, 1.54) is 56.5 Å². The van der Waals surface area contributed by atoms with Crippen LogP contribution in [0.5, 0.6) is 0 Å². The Kier molecular flexibility index (Phi) is 5.19. The molecule has 2 aliphatic rings. The molecule has 2 fully saturated rings. The maximum Gasteiger partial charge on any atom is 0.0613 e. The molecule has 0 radical (unpaired) electrons. The second-order valence-corrected chi connectivity index (χ2v) is 7.14. The third-order valence-electron chi connectivity index (χ3n) is 4.74. The van der Waals surface area contributed by atoms with E-state index in [-0.39, 0.29) is 12.1 Å². The van der Waals surface area contributed by atoms with Gasteiger partial charge in [-0.15, -0.1) is 0 Å². The Labute approximate surface area is 110 Å². The van der Waals surface area contributed by atoms with E-state index in [1.807, 2.05) is 0 Å². The fourth-order valence-electron chi connectivity index (χ4n) is 3.46. The SMILES string of the molecule is NC1(CO)CCCC1CCSCC1CCCC1. The Bertz CT molecular complexity index is 230. The molecule has 0 heterocycles. The highest BCUT2D eigenvalue weighted by Gasteiger charge is 2.38. The Morgan fingerprint density at radius 1 is 1.18 bits per heavy atom. The van der Waals surface area contributed by atoms with Crippen molar-refractivity contribution in [1.29, 1.82) is 0 Å². The Morgan fingerprint density at radius 2 is 1.94 bits per heavy atom. The summed E-state index contributed by atoms with van der Waals surface area (Å²) in [6.45, 7) is 0.172. The third-order valence-corrected chi connectivity index (χ3v) is 5.97. The average Bonchev–Trinajstić information content (AvgIpc) is 2.95. The Hall–Kier alpha value is 0.270. The molecule has 0 aromatic heterocycles. The van der Waals surface area contributed by atoms with Gasteiger partial charge >= 0.3 is 0 Å². The summed E-state index contributed by atoms with van der Waals surface area (Å²) in [5.74, 6) is 4.14. The molecule has 0 aromatic rings. The van der Waals surface area contributed by atoms with Crippen molar-refractivity contribution >= 4 is 11.8 Å². The van der Waals surface area contributed by atoms with Gasteiger partial charge in [-0.2, -0.15) is 11.8 Å². The van der Waals surface area contributed by atoms with E-state index >= 15 is 0 Å². The van der Waals surface area contributed by atoms with Crippen LogP contribution in [0.4, 0.5) is 0 Å². The second-order valence-electron chi connectivity index (χ2n) is 5.99. The molecule has 2 unspecified atom stereocenters. The quantitative estimate of drug-likeness (QED) is 0.719. The summed E-state index contributed by atoms with van der Waals surface area (Å²) in [5, 5.41) is 9.39. The molecule has 0 aliphatic heterocycles. The summed E-state index contributed by atoms with van der Waals surface area (Å²) >= 11 is 2.11. The first-order valence-corrected chi connectivity index (χ1v) is 8.37. The number of hydrogen-bond acceptors (Lipinski definition) is 3. The van der Waals surface area contributed by atoms with E-state index in [0.29, 0.717) is 5.92 Å². The predicted molar refractivity (Wildman–Crippen MR) is 75.2 cm³/mol. The van der Waals surface area contributed by atoms with Gasteiger partial charge in [-0.3, -0.25) is 0 Å². The molecule has 2 saturated carbocycles. The maximum atomic E-state index is 9.39. The highest BCUT2D eigenvalue weighted by molar-refractivity contribution is 7.99. The van der Waals surface area contributed by atoms with Crippen LogP contribution in [0.2, 0.25) is 0 Å². The van der Waals surface area contributed by atoms with Crippen molar-refractivity contribution in [2.24, 2.45) is 17.6 Å². The minimum atomic E-state index is -0.256. The van der Waals surface area contributed by atoms with Gasteiger partial charge in [-0.1, -0.05) is 19.3 Å². The molecule has 0 spiro atoms. The number of rotatable bonds is 6. The largest absolute Gasteiger partial charge is 0.394 e. The first-order chi connectivity index (χ1) is 8.24. The van der Waals surface area contributed by atoms with Crippen LogP contribution in [-0.4, -0.2) is 28.8 Å². The van der Waals surface area contributed by atoms with Crippen molar-refractivity contribution < 1.29 is 5.11 Å². The van der Waals surface area contributed by atoms with E-state index < -0.39 is 0 Å². The average molecular weight is 257 g/mol. The van der Waals surface area contributed by atoms with Gasteiger partial charge in [0.25, 0.3) is 0 Å². The molecule has 0 bridgehead atoms. The van der Waals surface area contributed by atoms with Crippen LogP contribution in [-0.2, 0) is 0 Å². The summed E-state index contributed by atoms with van der Waals surface area (Å²) in [5.41, 5.74) is 5.99. The summed E-state index contributed by atoms with van der Waals surface area (Å²) < 4.78 is 0. The van der Waals surface area contributed by atoms with Gasteiger partial charge < -0.3 is 10.8 Å². The van der Waals surface area contributed by atoms with Crippen LogP contribution < -0.4 is 5.73 Å². The summed E-state index contributed by atoms with van der Waals surface area (Å²) in [6, 6.07) is 0. The normalized spacial score (nSPS) is 34.6. The summed E-state index contributed by atoms with van der Waals surface area (Å²) in [7, 11) is 0. The minimum absolute atomic E-state index is 0.172. The van der Waals surface area contributed by atoms with Gasteiger partial charge in [-0.05, 0) is 55.4 Å². The zero-order chi connectivity index (χ0) is 12.1. The van der Waals surface area contributed by atoms with Crippen molar-refractivity contribution in [3.63, 3.8) is 0 Å². The van der Waals surface area contributed by atoms with Gasteiger partial charge in [0.15, 0.2) is 0 Å². The molecule has 100 valence electrons. The van der Waals surface area contributed by atoms with Crippen molar-refractivity contribution in [2.75, 3.05) is 18.1 Å². The fourth-order valence-corrected chi connectivity index (χ4v) is 4.75. The fraction of sp³-hybridized carbons (Fsp3) is 1.00. The summed E-state index contributed by atoms with van der Waals surface area (Å²) in [6.07, 6.45) is 10.4. The van der Waals surface area contributed by atoms with Gasteiger partial charge in [0.05, 0.1) is 6.61 Å². The molecule has 2 nitrogen and oxygen atoms in total. The lowest BCUT2D eigenvalue weighted by molar-refractivity contribution is 0.158. The van der Waals surface area contributed by atoms with Gasteiger partial charge in [0.1, 0.15) is 0 Å². The van der Waals surface area contributed by atoms with Crippen LogP contribution in [0.3, 0.4) is 0 Å². The number of aliphatic hydroxyl groups excluding tert-OH is 1.